The Morgan fingerprint density at radius 1 is 1.08 bits per heavy atom. The monoisotopic (exact) mass is 351 g/mol. The quantitative estimate of drug-likeness (QED) is 0.906. The second-order valence-electron chi connectivity index (χ2n) is 6.69. The topological polar surface area (TPSA) is 52.7 Å². The number of anilines is 1. The summed E-state index contributed by atoms with van der Waals surface area (Å²) < 4.78 is 26.6. The molecule has 1 N–H and O–H groups in total. The van der Waals surface area contributed by atoms with Crippen molar-refractivity contribution >= 4 is 17.5 Å². The van der Waals surface area contributed by atoms with Gasteiger partial charge in [0, 0.05) is 19.2 Å². The van der Waals surface area contributed by atoms with E-state index in [2.05, 4.69) is 5.32 Å². The number of nitrogens with one attached hydrogen (secondary N) is 1. The van der Waals surface area contributed by atoms with E-state index in [9.17, 15) is 18.4 Å². The fourth-order valence-electron chi connectivity index (χ4n) is 3.57. The lowest BCUT2D eigenvalue weighted by atomic mass is 10.0. The van der Waals surface area contributed by atoms with Crippen LogP contribution < -0.4 is 5.32 Å². The van der Waals surface area contributed by atoms with Crippen molar-refractivity contribution < 1.29 is 18.4 Å². The van der Waals surface area contributed by atoms with Gasteiger partial charge in [0.25, 0.3) is 0 Å². The second-order valence-corrected chi connectivity index (χ2v) is 6.69. The van der Waals surface area contributed by atoms with E-state index in [1.807, 2.05) is 9.80 Å². The summed E-state index contributed by atoms with van der Waals surface area (Å²) in [5.74, 6) is -1.80. The third kappa shape index (κ3) is 4.34. The van der Waals surface area contributed by atoms with Crippen molar-refractivity contribution in [3.8, 4) is 0 Å². The summed E-state index contributed by atoms with van der Waals surface area (Å²) in [7, 11) is 0. The standard InChI is InChI=1S/C18H23F2N3O2/c19-13-6-7-15(14(20)11-13)21-17(24)12-23-10-2-1-5-16(23)18(25)22-8-3-4-9-22/h6-7,11,16H,1-5,8-10,12H2,(H,21,24). The lowest BCUT2D eigenvalue weighted by Crippen LogP contribution is -2.52. The van der Waals surface area contributed by atoms with Crippen LogP contribution in [0.4, 0.5) is 14.5 Å². The van der Waals surface area contributed by atoms with Crippen LogP contribution in [-0.4, -0.2) is 53.8 Å². The lowest BCUT2D eigenvalue weighted by molar-refractivity contribution is -0.137. The predicted octanol–water partition coefficient (Wildman–Crippen LogP) is 2.38. The Kier molecular flexibility index (Phi) is 5.63. The van der Waals surface area contributed by atoms with E-state index in [1.165, 1.54) is 6.07 Å². The molecule has 1 aromatic rings. The minimum absolute atomic E-state index is 0.0288. The molecular formula is C18H23F2N3O2. The van der Waals surface area contributed by atoms with Crippen LogP contribution in [0.3, 0.4) is 0 Å². The Balaban J connectivity index is 1.62. The summed E-state index contributed by atoms with van der Waals surface area (Å²) >= 11 is 0. The molecule has 1 aromatic carbocycles. The molecule has 2 saturated heterocycles. The van der Waals surface area contributed by atoms with Gasteiger partial charge in [-0.15, -0.1) is 0 Å². The van der Waals surface area contributed by atoms with E-state index in [4.69, 9.17) is 0 Å². The number of nitrogens with zero attached hydrogens (tertiary/aromatic N) is 2. The molecule has 0 aromatic heterocycles. The van der Waals surface area contributed by atoms with Crippen molar-refractivity contribution in [3.63, 3.8) is 0 Å². The van der Waals surface area contributed by atoms with Gasteiger partial charge < -0.3 is 10.2 Å². The molecule has 3 rings (SSSR count). The number of amides is 2. The number of piperidine rings is 1. The third-order valence-corrected chi connectivity index (χ3v) is 4.87. The van der Waals surface area contributed by atoms with Crippen molar-refractivity contribution in [1.29, 1.82) is 0 Å². The summed E-state index contributed by atoms with van der Waals surface area (Å²) in [6, 6.07) is 2.75. The second kappa shape index (κ2) is 7.91. The first-order valence-electron chi connectivity index (χ1n) is 8.82. The predicted molar refractivity (Wildman–Crippen MR) is 90.0 cm³/mol. The third-order valence-electron chi connectivity index (χ3n) is 4.87. The minimum atomic E-state index is -0.809. The number of hydrogen-bond acceptors (Lipinski definition) is 3. The molecule has 136 valence electrons. The number of rotatable bonds is 4. The fourth-order valence-corrected chi connectivity index (χ4v) is 3.57. The maximum Gasteiger partial charge on any atom is 0.239 e. The smallest absolute Gasteiger partial charge is 0.239 e. The van der Waals surface area contributed by atoms with E-state index in [1.54, 1.807) is 0 Å². The van der Waals surface area contributed by atoms with Crippen LogP contribution >= 0.6 is 0 Å². The highest BCUT2D eigenvalue weighted by Crippen LogP contribution is 2.21. The molecule has 7 heteroatoms. The van der Waals surface area contributed by atoms with Gasteiger partial charge in [-0.3, -0.25) is 14.5 Å². The molecule has 2 aliphatic heterocycles. The number of benzene rings is 1. The van der Waals surface area contributed by atoms with Gasteiger partial charge in [0.2, 0.25) is 11.8 Å². The van der Waals surface area contributed by atoms with Crippen LogP contribution in [0.1, 0.15) is 32.1 Å². The maximum absolute atomic E-state index is 13.7. The van der Waals surface area contributed by atoms with Gasteiger partial charge in [0.15, 0.2) is 0 Å². The SMILES string of the molecule is O=C(CN1CCCCC1C(=O)N1CCCC1)Nc1ccc(F)cc1F. The van der Waals surface area contributed by atoms with Crippen LogP contribution in [-0.2, 0) is 9.59 Å². The van der Waals surface area contributed by atoms with E-state index in [0.29, 0.717) is 6.54 Å². The van der Waals surface area contributed by atoms with Crippen LogP contribution in [0.25, 0.3) is 0 Å². The highest BCUT2D eigenvalue weighted by Gasteiger charge is 2.33. The first-order chi connectivity index (χ1) is 12.0. The van der Waals surface area contributed by atoms with Crippen molar-refractivity contribution in [1.82, 2.24) is 9.80 Å². The van der Waals surface area contributed by atoms with Gasteiger partial charge in [0.05, 0.1) is 18.3 Å². The highest BCUT2D eigenvalue weighted by atomic mass is 19.1. The van der Waals surface area contributed by atoms with Gasteiger partial charge in [-0.2, -0.15) is 0 Å². The summed E-state index contributed by atoms with van der Waals surface area (Å²) in [6.45, 7) is 2.27. The molecule has 2 amide bonds. The van der Waals surface area contributed by atoms with Gasteiger partial charge in [-0.1, -0.05) is 6.42 Å². The van der Waals surface area contributed by atoms with Crippen LogP contribution in [0.5, 0.6) is 0 Å². The minimum Gasteiger partial charge on any atom is -0.341 e. The zero-order valence-corrected chi connectivity index (χ0v) is 14.1. The summed E-state index contributed by atoms with van der Waals surface area (Å²) in [5, 5.41) is 2.47. The maximum atomic E-state index is 13.7. The van der Waals surface area contributed by atoms with Crippen molar-refractivity contribution in [2.45, 2.75) is 38.1 Å². The molecule has 0 saturated carbocycles. The Morgan fingerprint density at radius 2 is 1.80 bits per heavy atom. The molecule has 1 unspecified atom stereocenters. The molecular weight excluding hydrogens is 328 g/mol. The number of carbonyl (C=O) groups excluding carboxylic acids is 2. The van der Waals surface area contributed by atoms with E-state index < -0.39 is 17.5 Å². The van der Waals surface area contributed by atoms with Gasteiger partial charge in [-0.05, 0) is 44.4 Å². The Labute approximate surface area is 146 Å². The molecule has 0 aliphatic carbocycles. The lowest BCUT2D eigenvalue weighted by Gasteiger charge is -2.36. The number of halogens is 2. The van der Waals surface area contributed by atoms with Crippen LogP contribution in [0, 0.1) is 11.6 Å². The highest BCUT2D eigenvalue weighted by molar-refractivity contribution is 5.93. The van der Waals surface area contributed by atoms with Crippen molar-refractivity contribution in [2.24, 2.45) is 0 Å². The molecule has 2 fully saturated rings. The van der Waals surface area contributed by atoms with Crippen molar-refractivity contribution in [3.05, 3.63) is 29.8 Å². The van der Waals surface area contributed by atoms with E-state index >= 15 is 0 Å². The average Bonchev–Trinajstić information content (AvgIpc) is 3.12. The van der Waals surface area contributed by atoms with Crippen LogP contribution in [0.15, 0.2) is 18.2 Å². The zero-order chi connectivity index (χ0) is 17.8. The molecule has 25 heavy (non-hydrogen) atoms. The van der Waals surface area contributed by atoms with Gasteiger partial charge in [0.1, 0.15) is 11.6 Å². The molecule has 2 heterocycles. The largest absolute Gasteiger partial charge is 0.341 e. The Bertz CT molecular complexity index is 647. The number of hydrogen-bond donors (Lipinski definition) is 1. The molecule has 0 bridgehead atoms. The molecule has 2 aliphatic rings. The summed E-state index contributed by atoms with van der Waals surface area (Å²) in [5.41, 5.74) is -0.0502. The van der Waals surface area contributed by atoms with E-state index in [0.717, 1.165) is 57.3 Å². The first kappa shape index (κ1) is 17.8. The average molecular weight is 351 g/mol. The number of carbonyl (C=O) groups is 2. The normalized spacial score (nSPS) is 21.4. The van der Waals surface area contributed by atoms with Crippen LogP contribution in [0.2, 0.25) is 0 Å². The first-order valence-corrected chi connectivity index (χ1v) is 8.82. The Morgan fingerprint density at radius 3 is 2.52 bits per heavy atom. The number of likely N-dealkylation sites (tertiary alicyclic amines) is 2. The fraction of sp³-hybridized carbons (Fsp3) is 0.556. The molecule has 1 atom stereocenters. The molecule has 0 radical (unpaired) electrons. The van der Waals surface area contributed by atoms with Gasteiger partial charge in [-0.25, -0.2) is 8.78 Å². The van der Waals surface area contributed by atoms with Gasteiger partial charge >= 0.3 is 0 Å². The zero-order valence-electron chi connectivity index (χ0n) is 14.1. The molecule has 5 nitrogen and oxygen atoms in total. The summed E-state index contributed by atoms with van der Waals surface area (Å²) in [6.07, 6.45) is 4.70. The summed E-state index contributed by atoms with van der Waals surface area (Å²) in [4.78, 5) is 28.7. The molecule has 0 spiro atoms. The van der Waals surface area contributed by atoms with Crippen molar-refractivity contribution in [2.75, 3.05) is 31.5 Å². The Hall–Kier alpha value is -2.02. The van der Waals surface area contributed by atoms with E-state index in [-0.39, 0.29) is 24.2 Å².